The van der Waals surface area contributed by atoms with Gasteiger partial charge in [0.1, 0.15) is 5.75 Å². The molecule has 3 heterocycles. The number of amides is 1. The fraction of sp³-hybridized carbons (Fsp3) is 0.400. The monoisotopic (exact) mass is 511 g/mol. The van der Waals surface area contributed by atoms with Crippen LogP contribution in [-0.4, -0.2) is 77.4 Å². The minimum Gasteiger partial charge on any atom is -0.497 e. The Morgan fingerprint density at radius 1 is 0.943 bits per heavy atom. The SMILES string of the molecule is COc1ccc(N2CCN(C(=O)CSc3nnc(-c4ccc(SN5CCCC5)cc4)o3)CC2)cc1. The van der Waals surface area contributed by atoms with Crippen molar-refractivity contribution in [3.63, 3.8) is 0 Å². The number of nitrogens with zero attached hydrogens (tertiary/aromatic N) is 5. The summed E-state index contributed by atoms with van der Waals surface area (Å²) in [5, 5.41) is 8.71. The van der Waals surface area contributed by atoms with Gasteiger partial charge in [-0.1, -0.05) is 11.8 Å². The number of hydrogen-bond donors (Lipinski definition) is 0. The smallest absolute Gasteiger partial charge is 0.277 e. The van der Waals surface area contributed by atoms with Crippen LogP contribution in [0.3, 0.4) is 0 Å². The van der Waals surface area contributed by atoms with E-state index in [1.807, 2.05) is 29.2 Å². The Labute approximate surface area is 214 Å². The molecule has 35 heavy (non-hydrogen) atoms. The second-order valence-corrected chi connectivity index (χ2v) is 10.6. The zero-order valence-electron chi connectivity index (χ0n) is 19.8. The Balaban J connectivity index is 1.08. The third-order valence-electron chi connectivity index (χ3n) is 6.20. The van der Waals surface area contributed by atoms with Gasteiger partial charge >= 0.3 is 0 Å². The second-order valence-electron chi connectivity index (χ2n) is 8.48. The van der Waals surface area contributed by atoms with Crippen molar-refractivity contribution in [2.24, 2.45) is 0 Å². The summed E-state index contributed by atoms with van der Waals surface area (Å²) in [5.74, 6) is 1.70. The normalized spacial score (nSPS) is 16.6. The molecule has 2 aliphatic heterocycles. The Morgan fingerprint density at radius 3 is 2.34 bits per heavy atom. The number of anilines is 1. The molecule has 8 nitrogen and oxygen atoms in total. The van der Waals surface area contributed by atoms with Crippen LogP contribution in [0.5, 0.6) is 5.75 Å². The van der Waals surface area contributed by atoms with Crippen LogP contribution in [0.1, 0.15) is 12.8 Å². The van der Waals surface area contributed by atoms with Crippen LogP contribution in [0.4, 0.5) is 5.69 Å². The van der Waals surface area contributed by atoms with E-state index >= 15 is 0 Å². The van der Waals surface area contributed by atoms with E-state index in [2.05, 4.69) is 43.7 Å². The molecule has 2 aromatic carbocycles. The summed E-state index contributed by atoms with van der Waals surface area (Å²) in [4.78, 5) is 18.1. The summed E-state index contributed by atoms with van der Waals surface area (Å²) in [6.45, 7) is 5.30. The second kappa shape index (κ2) is 11.4. The number of methoxy groups -OCH3 is 1. The van der Waals surface area contributed by atoms with Crippen LogP contribution in [-0.2, 0) is 4.79 Å². The first kappa shape index (κ1) is 24.0. The number of piperazine rings is 1. The molecule has 184 valence electrons. The van der Waals surface area contributed by atoms with Gasteiger partial charge in [0.25, 0.3) is 5.22 Å². The molecule has 3 aromatic rings. The first-order valence-electron chi connectivity index (χ1n) is 11.8. The average Bonchev–Trinajstić information content (AvgIpc) is 3.60. The van der Waals surface area contributed by atoms with Crippen molar-refractivity contribution >= 4 is 35.3 Å². The quantitative estimate of drug-likeness (QED) is 0.325. The molecule has 0 aliphatic carbocycles. The molecular formula is C25H29N5O3S2. The lowest BCUT2D eigenvalue weighted by Gasteiger charge is -2.36. The van der Waals surface area contributed by atoms with Gasteiger partial charge in [-0.25, -0.2) is 4.31 Å². The van der Waals surface area contributed by atoms with Crippen molar-refractivity contribution in [3.8, 4) is 17.2 Å². The number of thioether (sulfide) groups is 1. The van der Waals surface area contributed by atoms with Crippen LogP contribution >= 0.6 is 23.7 Å². The molecular weight excluding hydrogens is 482 g/mol. The van der Waals surface area contributed by atoms with Crippen molar-refractivity contribution in [2.45, 2.75) is 23.0 Å². The third-order valence-corrected chi connectivity index (χ3v) is 8.11. The maximum atomic E-state index is 12.7. The van der Waals surface area contributed by atoms with E-state index in [0.29, 0.717) is 24.2 Å². The van der Waals surface area contributed by atoms with E-state index in [9.17, 15) is 4.79 Å². The van der Waals surface area contributed by atoms with E-state index in [4.69, 9.17) is 9.15 Å². The van der Waals surface area contributed by atoms with Gasteiger partial charge in [-0.3, -0.25) is 4.79 Å². The maximum Gasteiger partial charge on any atom is 0.277 e. The van der Waals surface area contributed by atoms with Crippen LogP contribution in [0, 0.1) is 0 Å². The van der Waals surface area contributed by atoms with E-state index < -0.39 is 0 Å². The lowest BCUT2D eigenvalue weighted by molar-refractivity contribution is -0.128. The van der Waals surface area contributed by atoms with Gasteiger partial charge in [0.2, 0.25) is 11.8 Å². The van der Waals surface area contributed by atoms with E-state index in [1.54, 1.807) is 19.1 Å². The molecule has 1 amide bonds. The number of benzene rings is 2. The predicted molar refractivity (Wildman–Crippen MR) is 139 cm³/mol. The fourth-order valence-electron chi connectivity index (χ4n) is 4.19. The van der Waals surface area contributed by atoms with E-state index in [-0.39, 0.29) is 11.7 Å². The molecule has 0 saturated carbocycles. The first-order chi connectivity index (χ1) is 17.2. The zero-order chi connectivity index (χ0) is 24.0. The number of rotatable bonds is 8. The lowest BCUT2D eigenvalue weighted by atomic mass is 10.2. The third kappa shape index (κ3) is 6.12. The fourth-order valence-corrected chi connectivity index (χ4v) is 5.86. The Kier molecular flexibility index (Phi) is 7.80. The van der Waals surface area contributed by atoms with Crippen LogP contribution in [0.15, 0.2) is 63.1 Å². The Morgan fingerprint density at radius 2 is 1.66 bits per heavy atom. The predicted octanol–water partition coefficient (Wildman–Crippen LogP) is 4.29. The molecule has 1 aromatic heterocycles. The van der Waals surface area contributed by atoms with E-state index in [0.717, 1.165) is 43.2 Å². The van der Waals surface area contributed by atoms with Crippen molar-refractivity contribution in [1.82, 2.24) is 19.4 Å². The summed E-state index contributed by atoms with van der Waals surface area (Å²) < 4.78 is 13.4. The molecule has 2 fully saturated rings. The van der Waals surface area contributed by atoms with Gasteiger partial charge in [0.15, 0.2) is 0 Å². The van der Waals surface area contributed by atoms with Crippen LogP contribution in [0.2, 0.25) is 0 Å². The highest BCUT2D eigenvalue weighted by molar-refractivity contribution is 7.99. The first-order valence-corrected chi connectivity index (χ1v) is 13.6. The summed E-state index contributed by atoms with van der Waals surface area (Å²) in [5.41, 5.74) is 2.03. The summed E-state index contributed by atoms with van der Waals surface area (Å²) in [6, 6.07) is 16.2. The largest absolute Gasteiger partial charge is 0.497 e. The van der Waals surface area contributed by atoms with Crippen LogP contribution < -0.4 is 9.64 Å². The number of carbonyl (C=O) groups is 1. The van der Waals surface area contributed by atoms with Crippen molar-refractivity contribution in [2.75, 3.05) is 57.0 Å². The number of ether oxygens (including phenoxy) is 1. The van der Waals surface area contributed by atoms with Gasteiger partial charge in [0.05, 0.1) is 12.9 Å². The number of hydrogen-bond acceptors (Lipinski definition) is 9. The highest BCUT2D eigenvalue weighted by atomic mass is 32.2. The Hall–Kier alpha value is -2.69. The van der Waals surface area contributed by atoms with Crippen LogP contribution in [0.25, 0.3) is 11.5 Å². The van der Waals surface area contributed by atoms with E-state index in [1.165, 1.54) is 29.5 Å². The van der Waals surface area contributed by atoms with Crippen molar-refractivity contribution in [1.29, 1.82) is 0 Å². The van der Waals surface area contributed by atoms with Gasteiger partial charge in [-0.15, -0.1) is 10.2 Å². The van der Waals surface area contributed by atoms with Crippen molar-refractivity contribution in [3.05, 3.63) is 48.5 Å². The zero-order valence-corrected chi connectivity index (χ0v) is 21.4. The summed E-state index contributed by atoms with van der Waals surface area (Å²) in [7, 11) is 1.67. The molecule has 2 aliphatic rings. The van der Waals surface area contributed by atoms with Gasteiger partial charge < -0.3 is 19.0 Å². The van der Waals surface area contributed by atoms with Crippen molar-refractivity contribution < 1.29 is 13.9 Å². The number of carbonyl (C=O) groups excluding carboxylic acids is 1. The highest BCUT2D eigenvalue weighted by Gasteiger charge is 2.22. The maximum absolute atomic E-state index is 12.7. The summed E-state index contributed by atoms with van der Waals surface area (Å²) in [6.07, 6.45) is 2.55. The molecule has 0 N–H and O–H groups in total. The molecule has 10 heteroatoms. The highest BCUT2D eigenvalue weighted by Crippen LogP contribution is 2.29. The molecule has 0 unspecified atom stereocenters. The molecule has 5 rings (SSSR count). The number of aromatic nitrogens is 2. The minimum absolute atomic E-state index is 0.0902. The van der Waals surface area contributed by atoms with Gasteiger partial charge in [0, 0.05) is 55.4 Å². The minimum atomic E-state index is 0.0902. The lowest BCUT2D eigenvalue weighted by Crippen LogP contribution is -2.49. The molecule has 0 spiro atoms. The molecule has 0 radical (unpaired) electrons. The molecule has 0 atom stereocenters. The Bertz CT molecular complexity index is 1110. The topological polar surface area (TPSA) is 74.9 Å². The van der Waals surface area contributed by atoms with Gasteiger partial charge in [-0.05, 0) is 73.3 Å². The molecule has 2 saturated heterocycles. The standard InChI is InChI=1S/C25H29N5O3S2/c1-32-21-8-6-20(7-9-21)28-14-16-29(17-15-28)23(31)18-34-25-27-26-24(33-25)19-4-10-22(11-5-19)35-30-12-2-3-13-30/h4-11H,2-3,12-18H2,1H3. The summed E-state index contributed by atoms with van der Waals surface area (Å²) >= 11 is 3.09. The average molecular weight is 512 g/mol. The van der Waals surface area contributed by atoms with Gasteiger partial charge in [-0.2, -0.15) is 0 Å². The molecule has 0 bridgehead atoms.